The van der Waals surface area contributed by atoms with E-state index in [2.05, 4.69) is 22.9 Å². The average Bonchev–Trinajstić information content (AvgIpc) is 2.78. The smallest absolute Gasteiger partial charge is 0.235 e. The van der Waals surface area contributed by atoms with Gasteiger partial charge < -0.3 is 10.3 Å². The van der Waals surface area contributed by atoms with Gasteiger partial charge in [-0.1, -0.05) is 29.8 Å². The molecule has 2 N–H and O–H groups in total. The third-order valence-corrected chi connectivity index (χ3v) is 2.90. The molecule has 1 aromatic heterocycles. The van der Waals surface area contributed by atoms with E-state index >= 15 is 0 Å². The molecule has 1 aromatic carbocycles. The lowest BCUT2D eigenvalue weighted by Crippen LogP contribution is -2.12. The maximum Gasteiger partial charge on any atom is 0.235 e. The molecular weight excluding hydrogens is 256 g/mol. The highest BCUT2D eigenvalue weighted by molar-refractivity contribution is 7.81. The number of carbonyl (C=O) groups excluding carboxylic acids is 1. The molecule has 88 valence electrons. The van der Waals surface area contributed by atoms with E-state index in [1.165, 1.54) is 0 Å². The Hall–Kier alpha value is -1.39. The standard InChI is InChI=1S/C12H11ClN2OS/c13-10-4-2-1-3-9(10)8-5-11(14-6-8)15-12(16)7-17/h1-6,14,17H,7H2,(H,15,16). The van der Waals surface area contributed by atoms with Gasteiger partial charge >= 0.3 is 0 Å². The van der Waals surface area contributed by atoms with Crippen LogP contribution in [0.1, 0.15) is 0 Å². The highest BCUT2D eigenvalue weighted by atomic mass is 35.5. The summed E-state index contributed by atoms with van der Waals surface area (Å²) in [5.41, 5.74) is 1.86. The van der Waals surface area contributed by atoms with Crippen molar-refractivity contribution in [1.29, 1.82) is 0 Å². The van der Waals surface area contributed by atoms with Gasteiger partial charge in [-0.25, -0.2) is 0 Å². The van der Waals surface area contributed by atoms with Gasteiger partial charge in [0.1, 0.15) is 5.82 Å². The number of H-pyrrole nitrogens is 1. The van der Waals surface area contributed by atoms with E-state index < -0.39 is 0 Å². The van der Waals surface area contributed by atoms with E-state index in [1.807, 2.05) is 30.3 Å². The minimum atomic E-state index is -0.152. The number of anilines is 1. The molecule has 1 heterocycles. The van der Waals surface area contributed by atoms with Crippen LogP contribution in [-0.4, -0.2) is 16.6 Å². The van der Waals surface area contributed by atoms with Crippen molar-refractivity contribution in [2.45, 2.75) is 0 Å². The molecule has 0 aliphatic carbocycles. The Balaban J connectivity index is 2.24. The van der Waals surface area contributed by atoms with Crippen LogP contribution >= 0.6 is 24.2 Å². The largest absolute Gasteiger partial charge is 0.348 e. The number of aromatic amines is 1. The predicted octanol–water partition coefficient (Wildman–Crippen LogP) is 3.20. The number of hydrogen-bond acceptors (Lipinski definition) is 2. The molecule has 5 heteroatoms. The predicted molar refractivity (Wildman–Crippen MR) is 73.7 cm³/mol. The van der Waals surface area contributed by atoms with Crippen LogP contribution in [0.4, 0.5) is 5.82 Å². The van der Waals surface area contributed by atoms with Gasteiger partial charge in [-0.05, 0) is 12.1 Å². The van der Waals surface area contributed by atoms with Crippen LogP contribution in [0.2, 0.25) is 5.02 Å². The van der Waals surface area contributed by atoms with Crippen LogP contribution in [0.15, 0.2) is 36.5 Å². The number of benzene rings is 1. The molecule has 0 fully saturated rings. The third kappa shape index (κ3) is 2.84. The van der Waals surface area contributed by atoms with Crippen molar-refractivity contribution < 1.29 is 4.79 Å². The third-order valence-electron chi connectivity index (χ3n) is 2.29. The molecule has 0 aliphatic rings. The zero-order chi connectivity index (χ0) is 12.3. The van der Waals surface area contributed by atoms with E-state index in [-0.39, 0.29) is 11.7 Å². The normalized spacial score (nSPS) is 10.2. The summed E-state index contributed by atoms with van der Waals surface area (Å²) in [7, 11) is 0. The van der Waals surface area contributed by atoms with Crippen LogP contribution < -0.4 is 5.32 Å². The lowest BCUT2D eigenvalue weighted by atomic mass is 10.1. The van der Waals surface area contributed by atoms with Crippen LogP contribution in [0.5, 0.6) is 0 Å². The molecule has 2 rings (SSSR count). The minimum absolute atomic E-state index is 0.152. The van der Waals surface area contributed by atoms with Gasteiger partial charge in [-0.3, -0.25) is 4.79 Å². The quantitative estimate of drug-likeness (QED) is 0.734. The second kappa shape index (κ2) is 5.29. The number of carbonyl (C=O) groups is 1. The summed E-state index contributed by atoms with van der Waals surface area (Å²) in [6.45, 7) is 0. The van der Waals surface area contributed by atoms with Gasteiger partial charge in [0, 0.05) is 22.3 Å². The fourth-order valence-electron chi connectivity index (χ4n) is 1.51. The number of thiol groups is 1. The first-order chi connectivity index (χ1) is 8.20. The second-order valence-corrected chi connectivity index (χ2v) is 4.21. The first kappa shape index (κ1) is 12.1. The zero-order valence-electron chi connectivity index (χ0n) is 8.90. The number of nitrogens with one attached hydrogen (secondary N) is 2. The van der Waals surface area contributed by atoms with Gasteiger partial charge in [0.25, 0.3) is 0 Å². The van der Waals surface area contributed by atoms with Gasteiger partial charge in [0.05, 0.1) is 5.75 Å². The SMILES string of the molecule is O=C(CS)Nc1cc(-c2ccccc2Cl)c[nH]1. The molecule has 0 saturated carbocycles. The molecule has 0 atom stereocenters. The molecule has 0 spiro atoms. The molecule has 2 aromatic rings. The monoisotopic (exact) mass is 266 g/mol. The number of amides is 1. The van der Waals surface area contributed by atoms with Crippen LogP contribution in [0.25, 0.3) is 11.1 Å². The Bertz CT molecular complexity index is 539. The molecule has 3 nitrogen and oxygen atoms in total. The van der Waals surface area contributed by atoms with Crippen LogP contribution in [0, 0.1) is 0 Å². The molecule has 0 aliphatic heterocycles. The molecule has 0 unspecified atom stereocenters. The Kier molecular flexibility index (Phi) is 3.76. The number of rotatable bonds is 3. The summed E-state index contributed by atoms with van der Waals surface area (Å²) in [6.07, 6.45) is 1.80. The van der Waals surface area contributed by atoms with Crippen molar-refractivity contribution in [1.82, 2.24) is 4.98 Å². The van der Waals surface area contributed by atoms with Gasteiger partial charge in [0.2, 0.25) is 5.91 Å². The lowest BCUT2D eigenvalue weighted by Gasteiger charge is -2.00. The molecule has 0 saturated heterocycles. The number of hydrogen-bond donors (Lipinski definition) is 3. The topological polar surface area (TPSA) is 44.9 Å². The van der Waals surface area contributed by atoms with E-state index in [9.17, 15) is 4.79 Å². The van der Waals surface area contributed by atoms with Crippen molar-refractivity contribution in [2.24, 2.45) is 0 Å². The summed E-state index contributed by atoms with van der Waals surface area (Å²) in [4.78, 5) is 14.1. The summed E-state index contributed by atoms with van der Waals surface area (Å²) in [5, 5.41) is 3.37. The number of halogens is 1. The highest BCUT2D eigenvalue weighted by Crippen LogP contribution is 2.28. The summed E-state index contributed by atoms with van der Waals surface area (Å²) in [6, 6.07) is 9.39. The van der Waals surface area contributed by atoms with Crippen LogP contribution in [-0.2, 0) is 4.79 Å². The van der Waals surface area contributed by atoms with Crippen molar-refractivity contribution in [3.63, 3.8) is 0 Å². The number of aromatic nitrogens is 1. The Morgan fingerprint density at radius 3 is 2.88 bits per heavy atom. The highest BCUT2D eigenvalue weighted by Gasteiger charge is 2.06. The zero-order valence-corrected chi connectivity index (χ0v) is 10.6. The van der Waals surface area contributed by atoms with Gasteiger partial charge in [-0.2, -0.15) is 12.6 Å². The Morgan fingerprint density at radius 2 is 2.18 bits per heavy atom. The van der Waals surface area contributed by atoms with Crippen molar-refractivity contribution in [3.05, 3.63) is 41.6 Å². The molecule has 0 radical (unpaired) electrons. The summed E-state index contributed by atoms with van der Waals surface area (Å²) < 4.78 is 0. The fraction of sp³-hybridized carbons (Fsp3) is 0.0833. The van der Waals surface area contributed by atoms with E-state index in [1.54, 1.807) is 6.20 Å². The van der Waals surface area contributed by atoms with Gasteiger partial charge in [-0.15, -0.1) is 0 Å². The summed E-state index contributed by atoms with van der Waals surface area (Å²) >= 11 is 9.98. The fourth-order valence-corrected chi connectivity index (χ4v) is 1.83. The van der Waals surface area contributed by atoms with Crippen molar-refractivity contribution in [3.8, 4) is 11.1 Å². The Labute approximate surface area is 110 Å². The second-order valence-electron chi connectivity index (χ2n) is 3.49. The van der Waals surface area contributed by atoms with Gasteiger partial charge in [0.15, 0.2) is 0 Å². The first-order valence-electron chi connectivity index (χ1n) is 5.04. The van der Waals surface area contributed by atoms with Crippen molar-refractivity contribution in [2.75, 3.05) is 11.1 Å². The van der Waals surface area contributed by atoms with Crippen molar-refractivity contribution >= 4 is 36.0 Å². The maximum absolute atomic E-state index is 11.2. The maximum atomic E-state index is 11.2. The molecular formula is C12H11ClN2OS. The molecule has 17 heavy (non-hydrogen) atoms. The summed E-state index contributed by atoms with van der Waals surface area (Å²) in [5.74, 6) is 0.639. The lowest BCUT2D eigenvalue weighted by molar-refractivity contribution is -0.113. The average molecular weight is 267 g/mol. The Morgan fingerprint density at radius 1 is 1.41 bits per heavy atom. The van der Waals surface area contributed by atoms with E-state index in [0.717, 1.165) is 11.1 Å². The van der Waals surface area contributed by atoms with E-state index in [4.69, 9.17) is 11.6 Å². The minimum Gasteiger partial charge on any atom is -0.348 e. The first-order valence-corrected chi connectivity index (χ1v) is 6.06. The van der Waals surface area contributed by atoms with E-state index in [0.29, 0.717) is 10.8 Å². The molecule has 0 bridgehead atoms. The molecule has 1 amide bonds. The van der Waals surface area contributed by atoms with Crippen LogP contribution in [0.3, 0.4) is 0 Å².